The Bertz CT molecular complexity index is 27.3. The highest BCUT2D eigenvalue weighted by Crippen LogP contribution is 1.94. The highest BCUT2D eigenvalue weighted by atomic mass is 32.1. The van der Waals surface area contributed by atoms with E-state index >= 15 is 0 Å². The van der Waals surface area contributed by atoms with E-state index in [1.807, 2.05) is 0 Å². The van der Waals surface area contributed by atoms with Gasteiger partial charge in [-0.05, 0) is 12.8 Å². The first-order valence-electron chi connectivity index (χ1n) is 2.60. The van der Waals surface area contributed by atoms with E-state index in [2.05, 4.69) is 12.6 Å². The van der Waals surface area contributed by atoms with Gasteiger partial charge in [0.1, 0.15) is 0 Å². The predicted octanol–water partition coefficient (Wildman–Crippen LogP) is 1.35. The summed E-state index contributed by atoms with van der Waals surface area (Å²) in [5.41, 5.74) is 0. The third-order valence-corrected chi connectivity index (χ3v) is 1.09. The Balaban J connectivity index is 2.45. The van der Waals surface area contributed by atoms with E-state index < -0.39 is 0 Å². The van der Waals surface area contributed by atoms with Gasteiger partial charge in [-0.3, -0.25) is 0 Å². The molecule has 43 valence electrons. The van der Waals surface area contributed by atoms with E-state index in [4.69, 9.17) is 5.11 Å². The minimum absolute atomic E-state index is 0.315. The van der Waals surface area contributed by atoms with Crippen molar-refractivity contribution in [2.45, 2.75) is 19.3 Å². The molecule has 0 aromatic carbocycles. The second kappa shape index (κ2) is 6.31. The summed E-state index contributed by atoms with van der Waals surface area (Å²) in [4.78, 5) is 0. The van der Waals surface area contributed by atoms with Gasteiger partial charge in [0, 0.05) is 12.4 Å². The Morgan fingerprint density at radius 1 is 1.14 bits per heavy atom. The van der Waals surface area contributed by atoms with Crippen LogP contribution in [0.25, 0.3) is 0 Å². The molecule has 0 saturated carbocycles. The van der Waals surface area contributed by atoms with E-state index in [1.54, 1.807) is 0 Å². The summed E-state index contributed by atoms with van der Waals surface area (Å²) in [5, 5.41) is 8.26. The van der Waals surface area contributed by atoms with Crippen LogP contribution in [0.5, 0.6) is 0 Å². The standard InChI is InChI=1S/C5H11OS/c6-4-2-1-3-5-7/h6H,1-5H2. The monoisotopic (exact) mass is 119 g/mol. The third kappa shape index (κ3) is 6.31. The van der Waals surface area contributed by atoms with Gasteiger partial charge in [0.15, 0.2) is 0 Å². The van der Waals surface area contributed by atoms with Crippen molar-refractivity contribution < 1.29 is 5.11 Å². The molecule has 1 radical (unpaired) electrons. The molecule has 2 heteroatoms. The van der Waals surface area contributed by atoms with Gasteiger partial charge >= 0.3 is 0 Å². The van der Waals surface area contributed by atoms with Crippen molar-refractivity contribution in [3.05, 3.63) is 0 Å². The lowest BCUT2D eigenvalue weighted by atomic mass is 10.3. The second-order valence-corrected chi connectivity index (χ2v) is 1.90. The van der Waals surface area contributed by atoms with Crippen LogP contribution in [-0.2, 0) is 0 Å². The number of rotatable bonds is 4. The fourth-order valence-corrected chi connectivity index (χ4v) is 0.595. The van der Waals surface area contributed by atoms with Crippen LogP contribution >= 0.6 is 12.6 Å². The van der Waals surface area contributed by atoms with Crippen molar-refractivity contribution in [3.63, 3.8) is 0 Å². The molecule has 0 spiro atoms. The van der Waals surface area contributed by atoms with Crippen LogP contribution < -0.4 is 0 Å². The zero-order valence-electron chi connectivity index (χ0n) is 4.39. The van der Waals surface area contributed by atoms with Crippen molar-refractivity contribution in [3.8, 4) is 0 Å². The Labute approximate surface area is 50.1 Å². The van der Waals surface area contributed by atoms with Gasteiger partial charge in [0.25, 0.3) is 0 Å². The minimum atomic E-state index is 0.315. The lowest BCUT2D eigenvalue weighted by molar-refractivity contribution is 0.284. The molecule has 7 heavy (non-hydrogen) atoms. The average molecular weight is 119 g/mol. The van der Waals surface area contributed by atoms with Crippen molar-refractivity contribution in [2.24, 2.45) is 0 Å². The maximum atomic E-state index is 8.26. The molecule has 1 nitrogen and oxygen atoms in total. The first-order chi connectivity index (χ1) is 3.41. The van der Waals surface area contributed by atoms with Crippen LogP contribution in [0, 0.1) is 0 Å². The van der Waals surface area contributed by atoms with Crippen molar-refractivity contribution in [1.29, 1.82) is 0 Å². The van der Waals surface area contributed by atoms with E-state index in [-0.39, 0.29) is 0 Å². The van der Waals surface area contributed by atoms with Crippen molar-refractivity contribution in [1.82, 2.24) is 0 Å². The summed E-state index contributed by atoms with van der Waals surface area (Å²) in [6, 6.07) is 0. The molecule has 0 unspecified atom stereocenters. The molecule has 0 fully saturated rings. The molecule has 0 aliphatic heterocycles. The summed E-state index contributed by atoms with van der Waals surface area (Å²) in [7, 11) is 0. The molecular weight excluding hydrogens is 108 g/mol. The lowest BCUT2D eigenvalue weighted by Gasteiger charge is -1.89. The SMILES string of the molecule is OCCCCC[S]. The smallest absolute Gasteiger partial charge is 0.0431 e. The molecule has 0 heterocycles. The summed E-state index contributed by atoms with van der Waals surface area (Å²) < 4.78 is 0. The second-order valence-electron chi connectivity index (χ2n) is 1.49. The van der Waals surface area contributed by atoms with Gasteiger partial charge < -0.3 is 5.11 Å². The highest BCUT2D eigenvalue weighted by Gasteiger charge is 1.81. The van der Waals surface area contributed by atoms with E-state index in [0.717, 1.165) is 25.0 Å². The molecule has 0 saturated heterocycles. The molecule has 0 aromatic rings. The maximum absolute atomic E-state index is 8.26. The van der Waals surface area contributed by atoms with Crippen LogP contribution in [0.2, 0.25) is 0 Å². The minimum Gasteiger partial charge on any atom is -0.396 e. The largest absolute Gasteiger partial charge is 0.396 e. The van der Waals surface area contributed by atoms with E-state index in [0.29, 0.717) is 6.61 Å². The molecule has 0 aliphatic carbocycles. The maximum Gasteiger partial charge on any atom is 0.0431 e. The predicted molar refractivity (Wildman–Crippen MR) is 33.4 cm³/mol. The van der Waals surface area contributed by atoms with Gasteiger partial charge in [-0.1, -0.05) is 19.0 Å². The Morgan fingerprint density at radius 2 is 1.86 bits per heavy atom. The van der Waals surface area contributed by atoms with Gasteiger partial charge in [0.05, 0.1) is 0 Å². The van der Waals surface area contributed by atoms with Crippen LogP contribution in [0.3, 0.4) is 0 Å². The number of unbranched alkanes of at least 4 members (excludes halogenated alkanes) is 2. The Kier molecular flexibility index (Phi) is 6.59. The normalized spacial score (nSPS) is 9.43. The van der Waals surface area contributed by atoms with Gasteiger partial charge in [0.2, 0.25) is 0 Å². The first-order valence-corrected chi connectivity index (χ1v) is 3.18. The van der Waals surface area contributed by atoms with Gasteiger partial charge in [-0.2, -0.15) is 0 Å². The topological polar surface area (TPSA) is 20.2 Å². The molecule has 0 bridgehead atoms. The fourth-order valence-electron chi connectivity index (χ4n) is 0.391. The van der Waals surface area contributed by atoms with Crippen LogP contribution in [0.15, 0.2) is 0 Å². The number of hydrogen-bond donors (Lipinski definition) is 1. The van der Waals surface area contributed by atoms with E-state index in [9.17, 15) is 0 Å². The van der Waals surface area contributed by atoms with Crippen LogP contribution in [-0.4, -0.2) is 17.5 Å². The Hall–Kier alpha value is 0.310. The average Bonchev–Trinajstić information content (AvgIpc) is 1.69. The van der Waals surface area contributed by atoms with E-state index in [1.165, 1.54) is 0 Å². The fraction of sp³-hybridized carbons (Fsp3) is 1.00. The summed E-state index contributed by atoms with van der Waals surface area (Å²) in [6.07, 6.45) is 3.08. The number of aliphatic hydroxyl groups is 1. The lowest BCUT2D eigenvalue weighted by Crippen LogP contribution is -1.82. The molecule has 0 atom stereocenters. The first kappa shape index (κ1) is 7.31. The molecule has 1 N–H and O–H groups in total. The van der Waals surface area contributed by atoms with Gasteiger partial charge in [-0.25, -0.2) is 0 Å². The van der Waals surface area contributed by atoms with Crippen LogP contribution in [0.1, 0.15) is 19.3 Å². The van der Waals surface area contributed by atoms with Crippen LogP contribution in [0.4, 0.5) is 0 Å². The molecule has 0 amide bonds. The summed E-state index contributed by atoms with van der Waals surface area (Å²) in [5.74, 6) is 0.833. The molecule has 0 aromatic heterocycles. The number of aliphatic hydroxyl groups excluding tert-OH is 1. The quantitative estimate of drug-likeness (QED) is 0.554. The summed E-state index contributed by atoms with van der Waals surface area (Å²) >= 11 is 4.68. The molecule has 0 rings (SSSR count). The van der Waals surface area contributed by atoms with Gasteiger partial charge in [-0.15, -0.1) is 0 Å². The molecule has 0 aliphatic rings. The highest BCUT2D eigenvalue weighted by molar-refractivity contribution is 7.80. The van der Waals surface area contributed by atoms with Crippen molar-refractivity contribution in [2.75, 3.05) is 12.4 Å². The zero-order chi connectivity index (χ0) is 5.54. The summed E-state index contributed by atoms with van der Waals surface area (Å²) in [6.45, 7) is 0.315. The third-order valence-electron chi connectivity index (χ3n) is 0.802. The number of hydrogen-bond acceptors (Lipinski definition) is 1. The van der Waals surface area contributed by atoms with Crippen molar-refractivity contribution >= 4 is 12.6 Å². The Morgan fingerprint density at radius 3 is 2.29 bits per heavy atom. The zero-order valence-corrected chi connectivity index (χ0v) is 5.21. The molecular formula is C5H11OS.